The fourth-order valence-corrected chi connectivity index (χ4v) is 2.23. The van der Waals surface area contributed by atoms with E-state index in [-0.39, 0.29) is 0 Å². The van der Waals surface area contributed by atoms with Crippen molar-refractivity contribution in [3.63, 3.8) is 0 Å². The van der Waals surface area contributed by atoms with Gasteiger partial charge in [0.15, 0.2) is 0 Å². The van der Waals surface area contributed by atoms with Gasteiger partial charge in [0.2, 0.25) is 0 Å². The standard InChI is InChI=1S/C16H23NO2/c1-14-6-5-7-15(2)16(14)19-11-4-3-8-17-9-12-18-13-10-17/h3-7H,8-13H2,1-2H3. The molecule has 1 heterocycles. The van der Waals surface area contributed by atoms with Crippen LogP contribution in [0.1, 0.15) is 11.1 Å². The first-order chi connectivity index (χ1) is 9.27. The van der Waals surface area contributed by atoms with Crippen LogP contribution in [0.2, 0.25) is 0 Å². The van der Waals surface area contributed by atoms with E-state index in [1.807, 2.05) is 0 Å². The Bertz CT molecular complexity index is 403. The average molecular weight is 261 g/mol. The van der Waals surface area contributed by atoms with Crippen molar-refractivity contribution in [2.75, 3.05) is 39.5 Å². The Morgan fingerprint density at radius 2 is 1.84 bits per heavy atom. The van der Waals surface area contributed by atoms with Gasteiger partial charge in [-0.1, -0.05) is 30.4 Å². The van der Waals surface area contributed by atoms with E-state index >= 15 is 0 Å². The normalized spacial score (nSPS) is 16.9. The van der Waals surface area contributed by atoms with Crippen LogP contribution in [0.3, 0.4) is 0 Å². The molecule has 1 aliphatic rings. The summed E-state index contributed by atoms with van der Waals surface area (Å²) >= 11 is 0. The van der Waals surface area contributed by atoms with Crippen LogP contribution in [0.5, 0.6) is 5.75 Å². The van der Waals surface area contributed by atoms with Gasteiger partial charge in [-0.15, -0.1) is 0 Å². The largest absolute Gasteiger partial charge is 0.489 e. The molecule has 1 aliphatic heterocycles. The molecule has 1 saturated heterocycles. The molecule has 0 spiro atoms. The molecule has 0 radical (unpaired) electrons. The van der Waals surface area contributed by atoms with Crippen LogP contribution in [0.15, 0.2) is 30.4 Å². The Hall–Kier alpha value is -1.32. The molecule has 0 saturated carbocycles. The fourth-order valence-electron chi connectivity index (χ4n) is 2.23. The Labute approximate surface area is 115 Å². The van der Waals surface area contributed by atoms with Crippen molar-refractivity contribution in [1.82, 2.24) is 4.90 Å². The van der Waals surface area contributed by atoms with Gasteiger partial charge in [0, 0.05) is 19.6 Å². The van der Waals surface area contributed by atoms with Gasteiger partial charge in [0.05, 0.1) is 13.2 Å². The summed E-state index contributed by atoms with van der Waals surface area (Å²) in [7, 11) is 0. The van der Waals surface area contributed by atoms with Gasteiger partial charge < -0.3 is 9.47 Å². The molecule has 2 rings (SSSR count). The topological polar surface area (TPSA) is 21.7 Å². The van der Waals surface area contributed by atoms with Crippen LogP contribution in [0, 0.1) is 13.8 Å². The van der Waals surface area contributed by atoms with Gasteiger partial charge in [0.1, 0.15) is 12.4 Å². The molecule has 3 heteroatoms. The van der Waals surface area contributed by atoms with E-state index in [0.29, 0.717) is 6.61 Å². The molecule has 3 nitrogen and oxygen atoms in total. The van der Waals surface area contributed by atoms with Crippen LogP contribution in [-0.4, -0.2) is 44.4 Å². The number of hydrogen-bond acceptors (Lipinski definition) is 3. The summed E-state index contributed by atoms with van der Waals surface area (Å²) in [6, 6.07) is 6.23. The molecular formula is C16H23NO2. The molecule has 0 atom stereocenters. The highest BCUT2D eigenvalue weighted by Crippen LogP contribution is 2.22. The quantitative estimate of drug-likeness (QED) is 0.760. The second kappa shape index (κ2) is 7.31. The highest BCUT2D eigenvalue weighted by molar-refractivity contribution is 5.39. The van der Waals surface area contributed by atoms with E-state index < -0.39 is 0 Å². The van der Waals surface area contributed by atoms with Crippen molar-refractivity contribution in [3.05, 3.63) is 41.5 Å². The van der Waals surface area contributed by atoms with E-state index in [9.17, 15) is 0 Å². The number of hydrogen-bond donors (Lipinski definition) is 0. The summed E-state index contributed by atoms with van der Waals surface area (Å²) < 4.78 is 11.1. The molecule has 0 aromatic heterocycles. The van der Waals surface area contributed by atoms with Crippen molar-refractivity contribution >= 4 is 0 Å². The molecule has 1 aromatic carbocycles. The lowest BCUT2D eigenvalue weighted by molar-refractivity contribution is 0.0434. The van der Waals surface area contributed by atoms with E-state index in [1.54, 1.807) is 0 Å². The number of nitrogens with zero attached hydrogens (tertiary/aromatic N) is 1. The minimum atomic E-state index is 0.635. The minimum absolute atomic E-state index is 0.635. The van der Waals surface area contributed by atoms with Crippen molar-refractivity contribution in [2.24, 2.45) is 0 Å². The van der Waals surface area contributed by atoms with Crippen molar-refractivity contribution in [3.8, 4) is 5.75 Å². The SMILES string of the molecule is Cc1cccc(C)c1OCC=CCN1CCOCC1. The second-order valence-electron chi connectivity index (χ2n) is 4.92. The van der Waals surface area contributed by atoms with Crippen LogP contribution in [0.25, 0.3) is 0 Å². The third-order valence-corrected chi connectivity index (χ3v) is 3.37. The summed E-state index contributed by atoms with van der Waals surface area (Å²) in [5.41, 5.74) is 2.39. The molecule has 0 aliphatic carbocycles. The van der Waals surface area contributed by atoms with E-state index in [4.69, 9.17) is 9.47 Å². The van der Waals surface area contributed by atoms with Crippen LogP contribution in [0.4, 0.5) is 0 Å². The minimum Gasteiger partial charge on any atom is -0.489 e. The zero-order valence-corrected chi connectivity index (χ0v) is 11.9. The highest BCUT2D eigenvalue weighted by atomic mass is 16.5. The zero-order chi connectivity index (χ0) is 13.5. The van der Waals surface area contributed by atoms with Gasteiger partial charge >= 0.3 is 0 Å². The lowest BCUT2D eigenvalue weighted by Gasteiger charge is -2.25. The molecule has 0 amide bonds. The van der Waals surface area contributed by atoms with E-state index in [1.165, 1.54) is 11.1 Å². The monoisotopic (exact) mass is 261 g/mol. The number of aryl methyl sites for hydroxylation is 2. The van der Waals surface area contributed by atoms with E-state index in [2.05, 4.69) is 49.1 Å². The first-order valence-corrected chi connectivity index (χ1v) is 6.91. The van der Waals surface area contributed by atoms with E-state index in [0.717, 1.165) is 38.6 Å². The Morgan fingerprint density at radius 3 is 2.53 bits per heavy atom. The van der Waals surface area contributed by atoms with Gasteiger partial charge in [0.25, 0.3) is 0 Å². The maximum absolute atomic E-state index is 5.83. The lowest BCUT2D eigenvalue weighted by atomic mass is 10.1. The number of para-hydroxylation sites is 1. The molecule has 0 bridgehead atoms. The summed E-state index contributed by atoms with van der Waals surface area (Å²) in [5.74, 6) is 1.01. The zero-order valence-electron chi connectivity index (χ0n) is 11.9. The van der Waals surface area contributed by atoms with Gasteiger partial charge in [-0.3, -0.25) is 4.90 Å². The molecular weight excluding hydrogens is 238 g/mol. The number of ether oxygens (including phenoxy) is 2. The number of benzene rings is 1. The predicted octanol–water partition coefficient (Wildman–Crippen LogP) is 2.57. The summed E-state index contributed by atoms with van der Waals surface area (Å²) in [5, 5.41) is 0. The average Bonchev–Trinajstić information content (AvgIpc) is 2.42. The maximum Gasteiger partial charge on any atom is 0.125 e. The van der Waals surface area contributed by atoms with Gasteiger partial charge in [-0.05, 0) is 25.0 Å². The second-order valence-corrected chi connectivity index (χ2v) is 4.92. The summed E-state index contributed by atoms with van der Waals surface area (Å²) in [4.78, 5) is 2.39. The lowest BCUT2D eigenvalue weighted by Crippen LogP contribution is -2.36. The van der Waals surface area contributed by atoms with Crippen molar-refractivity contribution in [2.45, 2.75) is 13.8 Å². The van der Waals surface area contributed by atoms with Crippen LogP contribution < -0.4 is 4.74 Å². The van der Waals surface area contributed by atoms with Crippen LogP contribution >= 0.6 is 0 Å². The first kappa shape index (κ1) is 14.1. The summed E-state index contributed by atoms with van der Waals surface area (Å²) in [6.07, 6.45) is 4.28. The Kier molecular flexibility index (Phi) is 5.43. The molecule has 0 N–H and O–H groups in total. The summed E-state index contributed by atoms with van der Waals surface area (Å²) in [6.45, 7) is 9.55. The smallest absolute Gasteiger partial charge is 0.125 e. The maximum atomic E-state index is 5.83. The molecule has 19 heavy (non-hydrogen) atoms. The van der Waals surface area contributed by atoms with Gasteiger partial charge in [-0.2, -0.15) is 0 Å². The Balaban J connectivity index is 1.73. The third kappa shape index (κ3) is 4.37. The molecule has 1 fully saturated rings. The predicted molar refractivity (Wildman–Crippen MR) is 77.8 cm³/mol. The molecule has 1 aromatic rings. The first-order valence-electron chi connectivity index (χ1n) is 6.91. The Morgan fingerprint density at radius 1 is 1.16 bits per heavy atom. The van der Waals surface area contributed by atoms with Gasteiger partial charge in [-0.25, -0.2) is 0 Å². The van der Waals surface area contributed by atoms with Crippen molar-refractivity contribution < 1.29 is 9.47 Å². The number of morpholine rings is 1. The molecule has 0 unspecified atom stereocenters. The number of rotatable bonds is 5. The van der Waals surface area contributed by atoms with Crippen LogP contribution in [-0.2, 0) is 4.74 Å². The fraction of sp³-hybridized carbons (Fsp3) is 0.500. The van der Waals surface area contributed by atoms with Crippen molar-refractivity contribution in [1.29, 1.82) is 0 Å². The molecule has 104 valence electrons. The third-order valence-electron chi connectivity index (χ3n) is 3.37. The highest BCUT2D eigenvalue weighted by Gasteiger charge is 2.07.